The first-order chi connectivity index (χ1) is 8.70. The van der Waals surface area contributed by atoms with E-state index in [0.29, 0.717) is 12.0 Å². The van der Waals surface area contributed by atoms with E-state index in [1.54, 1.807) is 11.3 Å². The number of nitrogens with zero attached hydrogens (tertiary/aromatic N) is 1. The first kappa shape index (κ1) is 13.1. The van der Waals surface area contributed by atoms with Gasteiger partial charge in [0, 0.05) is 21.4 Å². The van der Waals surface area contributed by atoms with Gasteiger partial charge in [0.1, 0.15) is 0 Å². The molecule has 3 heterocycles. The normalized spacial score (nSPS) is 33.8. The van der Waals surface area contributed by atoms with Crippen molar-refractivity contribution in [3.63, 3.8) is 0 Å². The van der Waals surface area contributed by atoms with Gasteiger partial charge in [-0.3, -0.25) is 11.3 Å². The van der Waals surface area contributed by atoms with Crippen molar-refractivity contribution < 1.29 is 0 Å². The van der Waals surface area contributed by atoms with Gasteiger partial charge in [0.15, 0.2) is 0 Å². The first-order valence-corrected chi connectivity index (χ1v) is 8.29. The lowest BCUT2D eigenvalue weighted by Gasteiger charge is -2.39. The molecule has 1 aromatic rings. The number of piperidine rings is 1. The Hall–Kier alpha value is 0.0600. The van der Waals surface area contributed by atoms with Crippen molar-refractivity contribution in [3.8, 4) is 0 Å². The molecular formula is C13H20BrN3S. The lowest BCUT2D eigenvalue weighted by molar-refractivity contribution is 0.113. The molecule has 5 heteroatoms. The van der Waals surface area contributed by atoms with Crippen LogP contribution in [0.1, 0.15) is 36.6 Å². The zero-order chi connectivity index (χ0) is 12.7. The molecule has 100 valence electrons. The molecule has 2 fully saturated rings. The summed E-state index contributed by atoms with van der Waals surface area (Å²) in [6, 6.07) is 3.95. The second kappa shape index (κ2) is 5.21. The highest BCUT2D eigenvalue weighted by Gasteiger charge is 2.41. The van der Waals surface area contributed by atoms with Crippen molar-refractivity contribution >= 4 is 27.3 Å². The fourth-order valence-corrected chi connectivity index (χ4v) is 5.45. The predicted molar refractivity (Wildman–Crippen MR) is 79.4 cm³/mol. The third-order valence-electron chi connectivity index (χ3n) is 4.71. The Bertz CT molecular complexity index is 408. The number of hydrazine groups is 1. The Morgan fingerprint density at radius 3 is 2.61 bits per heavy atom. The van der Waals surface area contributed by atoms with Crippen LogP contribution in [0.4, 0.5) is 0 Å². The van der Waals surface area contributed by atoms with E-state index >= 15 is 0 Å². The zero-order valence-electron chi connectivity index (χ0n) is 10.6. The van der Waals surface area contributed by atoms with Crippen molar-refractivity contribution in [2.45, 2.75) is 43.8 Å². The molecule has 0 spiro atoms. The average Bonchev–Trinajstić information content (AvgIpc) is 2.84. The highest BCUT2D eigenvalue weighted by molar-refractivity contribution is 9.10. The zero-order valence-corrected chi connectivity index (χ0v) is 13.0. The van der Waals surface area contributed by atoms with Gasteiger partial charge in [-0.05, 0) is 66.0 Å². The largest absolute Gasteiger partial charge is 0.300 e. The minimum absolute atomic E-state index is 0.302. The Balaban J connectivity index is 1.80. The molecule has 3 unspecified atom stereocenters. The second-order valence-electron chi connectivity index (χ2n) is 5.56. The summed E-state index contributed by atoms with van der Waals surface area (Å²) in [6.07, 6.45) is 5.26. The summed E-state index contributed by atoms with van der Waals surface area (Å²) in [4.78, 5) is 3.93. The third-order valence-corrected chi connectivity index (χ3v) is 6.67. The maximum absolute atomic E-state index is 5.83. The Morgan fingerprint density at radius 1 is 1.44 bits per heavy atom. The van der Waals surface area contributed by atoms with Gasteiger partial charge in [-0.15, -0.1) is 11.3 Å². The molecule has 2 aliphatic rings. The molecule has 3 N–H and O–H groups in total. The molecule has 2 bridgehead atoms. The molecule has 1 aromatic heterocycles. The second-order valence-corrected chi connectivity index (χ2v) is 7.36. The van der Waals surface area contributed by atoms with Crippen molar-refractivity contribution in [1.29, 1.82) is 0 Å². The van der Waals surface area contributed by atoms with Crippen LogP contribution in [0.3, 0.4) is 0 Å². The van der Waals surface area contributed by atoms with E-state index in [1.165, 1.54) is 35.0 Å². The summed E-state index contributed by atoms with van der Waals surface area (Å²) in [6.45, 7) is 0. The van der Waals surface area contributed by atoms with E-state index in [-0.39, 0.29) is 0 Å². The SMILES string of the molecule is CN1C2CCC1CC(C(NN)c1sccc1Br)C2. The summed E-state index contributed by atoms with van der Waals surface area (Å²) < 4.78 is 1.20. The molecule has 0 aliphatic carbocycles. The molecule has 3 atom stereocenters. The van der Waals surface area contributed by atoms with Crippen LogP contribution in [0.2, 0.25) is 0 Å². The van der Waals surface area contributed by atoms with Gasteiger partial charge in [-0.25, -0.2) is 0 Å². The van der Waals surface area contributed by atoms with E-state index in [4.69, 9.17) is 5.84 Å². The molecule has 0 aromatic carbocycles. The van der Waals surface area contributed by atoms with E-state index in [9.17, 15) is 0 Å². The Labute approximate surface area is 121 Å². The number of rotatable bonds is 3. The van der Waals surface area contributed by atoms with Gasteiger partial charge >= 0.3 is 0 Å². The van der Waals surface area contributed by atoms with Gasteiger partial charge in [-0.1, -0.05) is 0 Å². The standard InChI is InChI=1S/C13H20BrN3S/c1-17-9-2-3-10(17)7-8(6-9)12(16-15)13-11(14)4-5-18-13/h4-5,8-10,12,16H,2-3,6-7,15H2,1H3. The van der Waals surface area contributed by atoms with Crippen molar-refractivity contribution in [1.82, 2.24) is 10.3 Å². The van der Waals surface area contributed by atoms with Crippen molar-refractivity contribution in [3.05, 3.63) is 20.8 Å². The highest BCUT2D eigenvalue weighted by atomic mass is 79.9. The Morgan fingerprint density at radius 2 is 2.11 bits per heavy atom. The molecule has 0 radical (unpaired) electrons. The molecule has 2 saturated heterocycles. The van der Waals surface area contributed by atoms with Gasteiger partial charge < -0.3 is 4.90 Å². The lowest BCUT2D eigenvalue weighted by Crippen LogP contribution is -2.44. The van der Waals surface area contributed by atoms with E-state index < -0.39 is 0 Å². The summed E-state index contributed by atoms with van der Waals surface area (Å²) in [5.74, 6) is 6.50. The minimum atomic E-state index is 0.302. The summed E-state index contributed by atoms with van der Waals surface area (Å²) >= 11 is 5.43. The van der Waals surface area contributed by atoms with E-state index in [2.05, 4.69) is 44.7 Å². The van der Waals surface area contributed by atoms with Crippen LogP contribution in [0.15, 0.2) is 15.9 Å². The maximum atomic E-state index is 5.83. The number of hydrogen-bond donors (Lipinski definition) is 2. The van der Waals surface area contributed by atoms with E-state index in [1.807, 2.05) is 0 Å². The summed E-state index contributed by atoms with van der Waals surface area (Å²) in [7, 11) is 2.28. The molecule has 18 heavy (non-hydrogen) atoms. The average molecular weight is 330 g/mol. The van der Waals surface area contributed by atoms with Gasteiger partial charge in [-0.2, -0.15) is 0 Å². The highest BCUT2D eigenvalue weighted by Crippen LogP contribution is 2.44. The summed E-state index contributed by atoms with van der Waals surface area (Å²) in [5, 5.41) is 2.13. The van der Waals surface area contributed by atoms with Gasteiger partial charge in [0.25, 0.3) is 0 Å². The molecule has 3 rings (SSSR count). The number of fused-ring (bicyclic) bond motifs is 2. The van der Waals surface area contributed by atoms with Crippen LogP contribution in [-0.2, 0) is 0 Å². The number of thiophene rings is 1. The molecule has 0 saturated carbocycles. The number of nitrogens with one attached hydrogen (secondary N) is 1. The number of nitrogens with two attached hydrogens (primary N) is 1. The van der Waals surface area contributed by atoms with Crippen molar-refractivity contribution in [2.75, 3.05) is 7.05 Å². The number of hydrogen-bond acceptors (Lipinski definition) is 4. The van der Waals surface area contributed by atoms with Crippen LogP contribution < -0.4 is 11.3 Å². The van der Waals surface area contributed by atoms with Crippen LogP contribution in [0, 0.1) is 5.92 Å². The number of halogens is 1. The van der Waals surface area contributed by atoms with Gasteiger partial charge in [0.2, 0.25) is 0 Å². The molecular weight excluding hydrogens is 310 g/mol. The van der Waals surface area contributed by atoms with Crippen LogP contribution in [0.25, 0.3) is 0 Å². The summed E-state index contributed by atoms with van der Waals surface area (Å²) in [5.41, 5.74) is 3.06. The van der Waals surface area contributed by atoms with Crippen LogP contribution >= 0.6 is 27.3 Å². The smallest absolute Gasteiger partial charge is 0.0593 e. The Kier molecular flexibility index (Phi) is 3.78. The minimum Gasteiger partial charge on any atom is -0.300 e. The fourth-order valence-electron chi connectivity index (χ4n) is 3.68. The predicted octanol–water partition coefficient (Wildman–Crippen LogP) is 2.89. The lowest BCUT2D eigenvalue weighted by atomic mass is 9.85. The molecule has 2 aliphatic heterocycles. The van der Waals surface area contributed by atoms with Crippen molar-refractivity contribution in [2.24, 2.45) is 11.8 Å². The topological polar surface area (TPSA) is 41.3 Å². The first-order valence-electron chi connectivity index (χ1n) is 6.61. The fraction of sp³-hybridized carbons (Fsp3) is 0.692. The molecule has 3 nitrogen and oxygen atoms in total. The quantitative estimate of drug-likeness (QED) is 0.661. The van der Waals surface area contributed by atoms with Gasteiger partial charge in [0.05, 0.1) is 6.04 Å². The third kappa shape index (κ3) is 2.16. The molecule has 0 amide bonds. The maximum Gasteiger partial charge on any atom is 0.0593 e. The van der Waals surface area contributed by atoms with Crippen LogP contribution in [-0.4, -0.2) is 24.0 Å². The monoisotopic (exact) mass is 329 g/mol. The van der Waals surface area contributed by atoms with Crippen LogP contribution in [0.5, 0.6) is 0 Å². The van der Waals surface area contributed by atoms with E-state index in [0.717, 1.165) is 12.1 Å².